The van der Waals surface area contributed by atoms with Gasteiger partial charge in [0.25, 0.3) is 0 Å². The summed E-state index contributed by atoms with van der Waals surface area (Å²) in [5.74, 6) is 0. The number of aliphatic imine (C=N–C) groups is 2. The van der Waals surface area contributed by atoms with Crippen LogP contribution in [0.25, 0.3) is 0 Å². The van der Waals surface area contributed by atoms with E-state index < -0.39 is 0 Å². The summed E-state index contributed by atoms with van der Waals surface area (Å²) in [6.45, 7) is 2.27. The van der Waals surface area contributed by atoms with Gasteiger partial charge in [-0.2, -0.15) is 4.99 Å². The van der Waals surface area contributed by atoms with Crippen LogP contribution in [0.3, 0.4) is 0 Å². The average Bonchev–Trinajstić information content (AvgIpc) is 2.29. The number of isocyanates is 2. The third-order valence-corrected chi connectivity index (χ3v) is 2.17. The Morgan fingerprint density at radius 2 is 2.06 bits per heavy atom. The molecule has 1 aromatic rings. The van der Waals surface area contributed by atoms with Crippen LogP contribution in [0, 0.1) is 0 Å². The second-order valence-corrected chi connectivity index (χ2v) is 3.32. The SMILES string of the molecule is CCCc1ccc(CN=C=O)c(N=C=O)c1. The van der Waals surface area contributed by atoms with Gasteiger partial charge in [0.05, 0.1) is 12.2 Å². The number of rotatable bonds is 5. The molecule has 0 radical (unpaired) electrons. The molecule has 0 heterocycles. The largest absolute Gasteiger partial charge is 0.240 e. The van der Waals surface area contributed by atoms with E-state index in [1.54, 1.807) is 0 Å². The normalized spacial score (nSPS) is 9.06. The van der Waals surface area contributed by atoms with E-state index in [1.807, 2.05) is 18.2 Å². The zero-order valence-corrected chi connectivity index (χ0v) is 9.06. The quantitative estimate of drug-likeness (QED) is 0.560. The summed E-state index contributed by atoms with van der Waals surface area (Å²) < 4.78 is 0. The molecule has 0 aromatic heterocycles. The van der Waals surface area contributed by atoms with Crippen molar-refractivity contribution in [3.05, 3.63) is 29.3 Å². The predicted molar refractivity (Wildman–Crippen MR) is 60.0 cm³/mol. The molecule has 0 aliphatic rings. The Labute approximate surface area is 93.7 Å². The molecule has 0 saturated heterocycles. The Morgan fingerprint density at radius 3 is 2.69 bits per heavy atom. The molecule has 0 amide bonds. The molecule has 0 unspecified atom stereocenters. The maximum absolute atomic E-state index is 10.3. The van der Waals surface area contributed by atoms with E-state index in [0.717, 1.165) is 24.0 Å². The van der Waals surface area contributed by atoms with Crippen LogP contribution in [-0.2, 0) is 22.6 Å². The van der Waals surface area contributed by atoms with Crippen molar-refractivity contribution in [2.24, 2.45) is 9.98 Å². The molecular weight excluding hydrogens is 204 g/mol. The number of aryl methyl sites for hydroxylation is 1. The second kappa shape index (κ2) is 6.46. The molecule has 1 aromatic carbocycles. The molecule has 0 spiro atoms. The van der Waals surface area contributed by atoms with Gasteiger partial charge in [0.2, 0.25) is 12.2 Å². The van der Waals surface area contributed by atoms with Crippen molar-refractivity contribution in [2.75, 3.05) is 0 Å². The van der Waals surface area contributed by atoms with Crippen molar-refractivity contribution >= 4 is 17.8 Å². The Kier molecular flexibility index (Phi) is 4.87. The van der Waals surface area contributed by atoms with Gasteiger partial charge in [0.15, 0.2) is 0 Å². The molecule has 0 bridgehead atoms. The van der Waals surface area contributed by atoms with Crippen LogP contribution < -0.4 is 0 Å². The van der Waals surface area contributed by atoms with E-state index in [-0.39, 0.29) is 6.54 Å². The van der Waals surface area contributed by atoms with E-state index in [2.05, 4.69) is 16.9 Å². The van der Waals surface area contributed by atoms with E-state index in [4.69, 9.17) is 0 Å². The van der Waals surface area contributed by atoms with Crippen LogP contribution in [0.1, 0.15) is 24.5 Å². The van der Waals surface area contributed by atoms with Gasteiger partial charge in [-0.15, -0.1) is 0 Å². The monoisotopic (exact) mass is 216 g/mol. The van der Waals surface area contributed by atoms with E-state index in [9.17, 15) is 9.59 Å². The second-order valence-electron chi connectivity index (χ2n) is 3.32. The summed E-state index contributed by atoms with van der Waals surface area (Å²) in [6, 6.07) is 5.59. The zero-order valence-electron chi connectivity index (χ0n) is 9.06. The van der Waals surface area contributed by atoms with Gasteiger partial charge in [0.1, 0.15) is 0 Å². The zero-order chi connectivity index (χ0) is 11.8. The smallest absolute Gasteiger partial charge is 0.211 e. The lowest BCUT2D eigenvalue weighted by atomic mass is 10.1. The molecule has 0 fully saturated rings. The van der Waals surface area contributed by atoms with Gasteiger partial charge in [-0.25, -0.2) is 14.6 Å². The third kappa shape index (κ3) is 3.28. The van der Waals surface area contributed by atoms with Crippen LogP contribution in [-0.4, -0.2) is 12.2 Å². The number of hydrogen-bond acceptors (Lipinski definition) is 4. The minimum absolute atomic E-state index is 0.191. The van der Waals surface area contributed by atoms with E-state index >= 15 is 0 Å². The third-order valence-electron chi connectivity index (χ3n) is 2.17. The van der Waals surface area contributed by atoms with Crippen molar-refractivity contribution in [1.29, 1.82) is 0 Å². The Balaban J connectivity index is 3.07. The standard InChI is InChI=1S/C12H12N2O2/c1-2-3-10-4-5-11(7-13-8-15)12(6-10)14-9-16/h4-6H,2-3,7H2,1H3. The summed E-state index contributed by atoms with van der Waals surface area (Å²) >= 11 is 0. The van der Waals surface area contributed by atoms with Gasteiger partial charge in [-0.05, 0) is 18.1 Å². The van der Waals surface area contributed by atoms with Crippen LogP contribution in [0.15, 0.2) is 28.2 Å². The fraction of sp³-hybridized carbons (Fsp3) is 0.333. The van der Waals surface area contributed by atoms with Gasteiger partial charge < -0.3 is 0 Å². The van der Waals surface area contributed by atoms with E-state index in [1.165, 1.54) is 12.2 Å². The van der Waals surface area contributed by atoms with Gasteiger partial charge in [0, 0.05) is 5.56 Å². The fourth-order valence-corrected chi connectivity index (χ4v) is 1.46. The fourth-order valence-electron chi connectivity index (χ4n) is 1.46. The Hall–Kier alpha value is -2.02. The average molecular weight is 216 g/mol. The Bertz CT molecular complexity index is 456. The van der Waals surface area contributed by atoms with Crippen molar-refractivity contribution in [1.82, 2.24) is 0 Å². The van der Waals surface area contributed by atoms with Crippen molar-refractivity contribution in [3.63, 3.8) is 0 Å². The summed E-state index contributed by atoms with van der Waals surface area (Å²) in [4.78, 5) is 27.4. The summed E-state index contributed by atoms with van der Waals surface area (Å²) in [6.07, 6.45) is 4.92. The van der Waals surface area contributed by atoms with Crippen molar-refractivity contribution < 1.29 is 9.59 Å². The lowest BCUT2D eigenvalue weighted by Gasteiger charge is -2.04. The molecule has 0 aliphatic heterocycles. The molecule has 4 nitrogen and oxygen atoms in total. The summed E-state index contributed by atoms with van der Waals surface area (Å²) in [5.41, 5.74) is 2.36. The maximum atomic E-state index is 10.3. The molecule has 1 rings (SSSR count). The number of carbonyl (C=O) groups excluding carboxylic acids is 2. The highest BCUT2D eigenvalue weighted by Crippen LogP contribution is 2.22. The molecule has 0 aliphatic carbocycles. The highest BCUT2D eigenvalue weighted by molar-refractivity contribution is 5.55. The minimum Gasteiger partial charge on any atom is -0.211 e. The van der Waals surface area contributed by atoms with Gasteiger partial charge in [-0.3, -0.25) is 0 Å². The lowest BCUT2D eigenvalue weighted by molar-refractivity contribution is 0.563. The molecule has 0 saturated carbocycles. The predicted octanol–water partition coefficient (Wildman–Crippen LogP) is 2.44. The number of nitrogens with zero attached hydrogens (tertiary/aromatic N) is 2. The first-order chi connectivity index (χ1) is 7.81. The first kappa shape index (κ1) is 12.1. The molecule has 82 valence electrons. The molecule has 0 atom stereocenters. The maximum Gasteiger partial charge on any atom is 0.240 e. The highest BCUT2D eigenvalue weighted by atomic mass is 16.1. The highest BCUT2D eigenvalue weighted by Gasteiger charge is 2.02. The molecule has 0 N–H and O–H groups in total. The Morgan fingerprint density at radius 1 is 1.25 bits per heavy atom. The lowest BCUT2D eigenvalue weighted by Crippen LogP contribution is -1.87. The number of benzene rings is 1. The van der Waals surface area contributed by atoms with E-state index in [0.29, 0.717) is 5.69 Å². The summed E-state index contributed by atoms with van der Waals surface area (Å²) in [7, 11) is 0. The number of hydrogen-bond donors (Lipinski definition) is 0. The van der Waals surface area contributed by atoms with Gasteiger partial charge >= 0.3 is 0 Å². The first-order valence-corrected chi connectivity index (χ1v) is 5.05. The van der Waals surface area contributed by atoms with Crippen LogP contribution in [0.2, 0.25) is 0 Å². The van der Waals surface area contributed by atoms with Crippen LogP contribution in [0.4, 0.5) is 5.69 Å². The first-order valence-electron chi connectivity index (χ1n) is 5.05. The van der Waals surface area contributed by atoms with Crippen molar-refractivity contribution in [2.45, 2.75) is 26.3 Å². The van der Waals surface area contributed by atoms with Crippen molar-refractivity contribution in [3.8, 4) is 0 Å². The topological polar surface area (TPSA) is 58.9 Å². The molecule has 16 heavy (non-hydrogen) atoms. The van der Waals surface area contributed by atoms with Gasteiger partial charge in [-0.1, -0.05) is 25.5 Å². The molecule has 4 heteroatoms. The molecular formula is C12H12N2O2. The summed E-state index contributed by atoms with van der Waals surface area (Å²) in [5, 5.41) is 0. The minimum atomic E-state index is 0.191. The van der Waals surface area contributed by atoms with Crippen LogP contribution in [0.5, 0.6) is 0 Å². The van der Waals surface area contributed by atoms with Crippen LogP contribution >= 0.6 is 0 Å².